The number of carbonyl (C=O) groups is 3. The van der Waals surface area contributed by atoms with Gasteiger partial charge in [0.25, 0.3) is 0 Å². The van der Waals surface area contributed by atoms with E-state index >= 15 is 0 Å². The fraction of sp³-hybridized carbons (Fsp3) is 0.522. The lowest BCUT2D eigenvalue weighted by atomic mass is 10.1. The van der Waals surface area contributed by atoms with E-state index in [1.54, 1.807) is 11.0 Å². The third kappa shape index (κ3) is 7.20. The lowest BCUT2D eigenvalue weighted by Crippen LogP contribution is -2.45. The van der Waals surface area contributed by atoms with Crippen molar-refractivity contribution in [3.05, 3.63) is 29.8 Å². The van der Waals surface area contributed by atoms with Gasteiger partial charge in [0.05, 0.1) is 6.54 Å². The zero-order valence-corrected chi connectivity index (χ0v) is 18.8. The number of rotatable bonds is 7. The molecular weight excluding hydrogens is 422 g/mol. The summed E-state index contributed by atoms with van der Waals surface area (Å²) in [7, 11) is 0. The monoisotopic (exact) mass is 453 g/mol. The molecule has 0 aromatic heterocycles. The van der Waals surface area contributed by atoms with Gasteiger partial charge in [-0.05, 0) is 56.2 Å². The Labute approximate surface area is 193 Å². The Morgan fingerprint density at radius 2 is 1.94 bits per heavy atom. The largest absolute Gasteiger partial charge is 0.370 e. The second-order valence-corrected chi connectivity index (χ2v) is 8.37. The molecule has 176 valence electrons. The highest BCUT2D eigenvalue weighted by Gasteiger charge is 2.30. The number of primary amides is 1. The molecule has 0 saturated carbocycles. The van der Waals surface area contributed by atoms with Gasteiger partial charge in [0.15, 0.2) is 6.19 Å². The van der Waals surface area contributed by atoms with Crippen LogP contribution in [0.5, 0.6) is 0 Å². The number of likely N-dealkylation sites (tertiary alicyclic amines) is 2. The molecule has 1 aromatic carbocycles. The number of nitriles is 1. The van der Waals surface area contributed by atoms with Gasteiger partial charge in [0.2, 0.25) is 23.7 Å². The summed E-state index contributed by atoms with van der Waals surface area (Å²) < 4.78 is 0. The van der Waals surface area contributed by atoms with Crippen molar-refractivity contribution in [2.75, 3.05) is 31.5 Å². The van der Waals surface area contributed by atoms with Crippen molar-refractivity contribution in [2.24, 2.45) is 10.7 Å². The first kappa shape index (κ1) is 24.0. The van der Waals surface area contributed by atoms with E-state index < -0.39 is 6.04 Å². The maximum Gasteiger partial charge on any atom is 0.247 e. The second-order valence-electron chi connectivity index (χ2n) is 8.37. The van der Waals surface area contributed by atoms with Crippen LogP contribution >= 0.6 is 0 Å². The number of aryl methyl sites for hydroxylation is 1. The zero-order chi connectivity index (χ0) is 23.6. The minimum Gasteiger partial charge on any atom is -0.370 e. The average molecular weight is 454 g/mol. The summed E-state index contributed by atoms with van der Waals surface area (Å²) in [6.45, 7) is 2.10. The van der Waals surface area contributed by atoms with Crippen LogP contribution in [-0.2, 0) is 20.8 Å². The Morgan fingerprint density at radius 3 is 2.67 bits per heavy atom. The first-order valence-corrected chi connectivity index (χ1v) is 11.4. The molecule has 1 atom stereocenters. The number of carbonyl (C=O) groups excluding carboxylic acids is 3. The molecule has 2 fully saturated rings. The minimum absolute atomic E-state index is 0.0215. The van der Waals surface area contributed by atoms with Gasteiger partial charge in [-0.3, -0.25) is 19.7 Å². The first-order chi connectivity index (χ1) is 16.0. The van der Waals surface area contributed by atoms with Crippen LogP contribution in [0.3, 0.4) is 0 Å². The number of hydrogen-bond acceptors (Lipinski definition) is 5. The van der Waals surface area contributed by atoms with E-state index in [0.29, 0.717) is 25.1 Å². The van der Waals surface area contributed by atoms with Crippen molar-refractivity contribution in [3.8, 4) is 6.19 Å². The van der Waals surface area contributed by atoms with Crippen LogP contribution in [0.25, 0.3) is 0 Å². The summed E-state index contributed by atoms with van der Waals surface area (Å²) >= 11 is 0. The van der Waals surface area contributed by atoms with Crippen LogP contribution < -0.4 is 16.4 Å². The minimum atomic E-state index is -0.680. The topological polar surface area (TPSA) is 144 Å². The van der Waals surface area contributed by atoms with Crippen LogP contribution in [0, 0.1) is 11.5 Å². The van der Waals surface area contributed by atoms with Crippen molar-refractivity contribution in [2.45, 2.75) is 51.0 Å². The lowest BCUT2D eigenvalue weighted by molar-refractivity contribution is -0.140. The van der Waals surface area contributed by atoms with E-state index in [0.717, 1.165) is 44.3 Å². The third-order valence-electron chi connectivity index (χ3n) is 5.85. The summed E-state index contributed by atoms with van der Waals surface area (Å²) in [5.74, 6) is -0.432. The molecule has 10 nitrogen and oxygen atoms in total. The van der Waals surface area contributed by atoms with Crippen LogP contribution in [0.2, 0.25) is 0 Å². The van der Waals surface area contributed by atoms with Crippen LogP contribution in [0.15, 0.2) is 29.3 Å². The second kappa shape index (κ2) is 11.9. The molecule has 3 amide bonds. The highest BCUT2D eigenvalue weighted by molar-refractivity contribution is 5.97. The Morgan fingerprint density at radius 1 is 1.18 bits per heavy atom. The number of hydrogen-bond donors (Lipinski definition) is 3. The van der Waals surface area contributed by atoms with Crippen molar-refractivity contribution in [3.63, 3.8) is 0 Å². The van der Waals surface area contributed by atoms with Gasteiger partial charge in [-0.25, -0.2) is 4.99 Å². The molecule has 1 aromatic rings. The zero-order valence-electron chi connectivity index (χ0n) is 18.8. The predicted octanol–water partition coefficient (Wildman–Crippen LogP) is 0.947. The number of anilines is 1. The summed E-state index contributed by atoms with van der Waals surface area (Å²) in [6, 6.07) is 6.67. The molecule has 4 N–H and O–H groups in total. The average Bonchev–Trinajstić information content (AvgIpc) is 3.28. The van der Waals surface area contributed by atoms with Gasteiger partial charge in [0, 0.05) is 31.7 Å². The van der Waals surface area contributed by atoms with E-state index in [1.807, 2.05) is 29.3 Å². The normalized spacial score (nSPS) is 19.1. The van der Waals surface area contributed by atoms with Gasteiger partial charge in [0.1, 0.15) is 6.04 Å². The number of aliphatic imine (C=N–C) groups is 1. The Kier molecular flexibility index (Phi) is 8.63. The van der Waals surface area contributed by atoms with Gasteiger partial charge >= 0.3 is 0 Å². The number of benzene rings is 1. The quantitative estimate of drug-likeness (QED) is 0.243. The number of nitrogens with two attached hydrogens (primary N) is 1. The molecule has 3 rings (SSSR count). The molecule has 2 saturated heterocycles. The summed E-state index contributed by atoms with van der Waals surface area (Å²) in [4.78, 5) is 44.7. The molecule has 0 bridgehead atoms. The van der Waals surface area contributed by atoms with Crippen LogP contribution in [0.4, 0.5) is 5.69 Å². The SMILES string of the molecule is N#CNC(=NC1CCCCN(CC(=O)N2CCCC2)C1=O)Nc1cccc(CCC(N)=O)c1. The molecule has 2 heterocycles. The molecule has 1 unspecified atom stereocenters. The maximum absolute atomic E-state index is 13.2. The lowest BCUT2D eigenvalue weighted by Gasteiger charge is -2.25. The molecular formula is C23H31N7O3. The number of nitrogens with one attached hydrogen (secondary N) is 2. The summed E-state index contributed by atoms with van der Waals surface area (Å²) in [5.41, 5.74) is 6.80. The fourth-order valence-corrected chi connectivity index (χ4v) is 4.10. The van der Waals surface area contributed by atoms with Gasteiger partial charge in [-0.15, -0.1) is 0 Å². The van der Waals surface area contributed by atoms with E-state index in [1.165, 1.54) is 0 Å². The van der Waals surface area contributed by atoms with E-state index in [2.05, 4.69) is 15.6 Å². The Bertz CT molecular complexity index is 934. The molecule has 2 aliphatic heterocycles. The van der Waals surface area contributed by atoms with Crippen molar-refractivity contribution < 1.29 is 14.4 Å². The highest BCUT2D eigenvalue weighted by Crippen LogP contribution is 2.18. The molecule has 10 heteroatoms. The fourth-order valence-electron chi connectivity index (χ4n) is 4.10. The Hall–Kier alpha value is -3.61. The molecule has 0 spiro atoms. The summed E-state index contributed by atoms with van der Waals surface area (Å²) in [6.07, 6.45) is 6.76. The van der Waals surface area contributed by atoms with Gasteiger partial charge < -0.3 is 20.9 Å². The number of nitrogens with zero attached hydrogens (tertiary/aromatic N) is 4. The predicted molar refractivity (Wildman–Crippen MR) is 124 cm³/mol. The maximum atomic E-state index is 13.2. The number of amides is 3. The smallest absolute Gasteiger partial charge is 0.247 e. The van der Waals surface area contributed by atoms with E-state index in [-0.39, 0.29) is 36.6 Å². The molecule has 2 aliphatic rings. The first-order valence-electron chi connectivity index (χ1n) is 11.4. The van der Waals surface area contributed by atoms with E-state index in [9.17, 15) is 19.6 Å². The highest BCUT2D eigenvalue weighted by atomic mass is 16.2. The van der Waals surface area contributed by atoms with Crippen molar-refractivity contribution in [1.29, 1.82) is 5.26 Å². The molecule has 33 heavy (non-hydrogen) atoms. The number of guanidine groups is 1. The van der Waals surface area contributed by atoms with E-state index in [4.69, 9.17) is 5.73 Å². The van der Waals surface area contributed by atoms with Crippen molar-refractivity contribution >= 4 is 29.4 Å². The van der Waals surface area contributed by atoms with Crippen LogP contribution in [0.1, 0.15) is 44.1 Å². The molecule has 0 radical (unpaired) electrons. The summed E-state index contributed by atoms with van der Waals surface area (Å²) in [5, 5.41) is 14.7. The Balaban J connectivity index is 1.70. The molecule has 0 aliphatic carbocycles. The van der Waals surface area contributed by atoms with Gasteiger partial charge in [-0.1, -0.05) is 12.1 Å². The van der Waals surface area contributed by atoms with Crippen LogP contribution in [-0.4, -0.2) is 65.7 Å². The van der Waals surface area contributed by atoms with Gasteiger partial charge in [-0.2, -0.15) is 5.26 Å². The third-order valence-corrected chi connectivity index (χ3v) is 5.85. The van der Waals surface area contributed by atoms with Crippen molar-refractivity contribution in [1.82, 2.24) is 15.1 Å². The standard InChI is InChI=1S/C23H31N7O3/c24-16-26-23(27-18-7-5-6-17(14-18)9-10-20(25)31)28-19-8-1-2-13-30(22(19)33)15-21(32)29-11-3-4-12-29/h5-7,14,19H,1-4,8-13,15H2,(H2,25,31)(H2,26,27,28).